The number of hydrogen-bond acceptors (Lipinski definition) is 0. The summed E-state index contributed by atoms with van der Waals surface area (Å²) < 4.78 is 20.2. The first-order chi connectivity index (χ1) is 19.3. The van der Waals surface area contributed by atoms with E-state index in [2.05, 4.69) is 95.1 Å². The highest BCUT2D eigenvalue weighted by Crippen LogP contribution is 2.46. The molecule has 0 unspecified atom stereocenters. The number of thiophene rings is 2. The maximum atomic E-state index is 16.3. The fourth-order valence-corrected chi connectivity index (χ4v) is 8.41. The molecule has 0 saturated carbocycles. The maximum Gasteiger partial charge on any atom is 0.179 e. The van der Waals surface area contributed by atoms with Gasteiger partial charge < -0.3 is 0 Å². The molecule has 4 heteroatoms. The fraction of sp³-hybridized carbons (Fsp3) is 0.111. The van der Waals surface area contributed by atoms with Crippen LogP contribution in [0.25, 0.3) is 47.8 Å². The topological polar surface area (TPSA) is 3.01 Å². The van der Waals surface area contributed by atoms with Gasteiger partial charge in [0.1, 0.15) is 28.7 Å². The van der Waals surface area contributed by atoms with Gasteiger partial charge in [0.15, 0.2) is 25.0 Å². The SMILES string of the molecule is C=[N+]1C=Cc2c3ccc(-c4ccc(-c5[s+][c-]6ccccc6c5C)cc4)c(F)c3[s+][c-]2[C-]1c1cc(C)cc(C)c1C. The number of benzene rings is 4. The summed E-state index contributed by atoms with van der Waals surface area (Å²) in [5.74, 6) is -0.164. The van der Waals surface area contributed by atoms with Gasteiger partial charge in [-0.2, -0.15) is 0 Å². The number of halogens is 1. The van der Waals surface area contributed by atoms with Crippen molar-refractivity contribution < 1.29 is 8.97 Å². The van der Waals surface area contributed by atoms with Gasteiger partial charge >= 0.3 is 0 Å². The van der Waals surface area contributed by atoms with Gasteiger partial charge in [-0.25, -0.2) is 4.39 Å². The molecule has 3 heterocycles. The number of rotatable bonds is 3. The molecule has 0 N–H and O–H groups in total. The van der Waals surface area contributed by atoms with Gasteiger partial charge in [-0.05, 0) is 25.0 Å². The van der Waals surface area contributed by atoms with Crippen LogP contribution in [0.1, 0.15) is 38.3 Å². The van der Waals surface area contributed by atoms with Crippen molar-refractivity contribution >= 4 is 55.6 Å². The van der Waals surface area contributed by atoms with Crippen LogP contribution in [-0.2, 0) is 0 Å². The molecule has 2 aromatic heterocycles. The van der Waals surface area contributed by atoms with Crippen molar-refractivity contribution in [2.24, 2.45) is 0 Å². The van der Waals surface area contributed by atoms with Crippen molar-refractivity contribution in [2.75, 3.05) is 0 Å². The molecule has 196 valence electrons. The molecule has 40 heavy (non-hydrogen) atoms. The van der Waals surface area contributed by atoms with Gasteiger partial charge in [0, 0.05) is 5.56 Å². The zero-order chi connectivity index (χ0) is 27.7. The summed E-state index contributed by atoms with van der Waals surface area (Å²) in [5, 5.41) is 2.24. The minimum atomic E-state index is -0.164. The van der Waals surface area contributed by atoms with Crippen LogP contribution in [0.2, 0.25) is 0 Å². The first-order valence-corrected chi connectivity index (χ1v) is 15.0. The summed E-state index contributed by atoms with van der Waals surface area (Å²) >= 11 is 3.33. The summed E-state index contributed by atoms with van der Waals surface area (Å²) in [6.07, 6.45) is 4.05. The van der Waals surface area contributed by atoms with Gasteiger partial charge in [-0.15, -0.1) is 35.9 Å². The zero-order valence-electron chi connectivity index (χ0n) is 22.9. The Kier molecular flexibility index (Phi) is 5.81. The molecule has 1 aliphatic heterocycles. The molecular weight excluding hydrogens is 530 g/mol. The highest BCUT2D eigenvalue weighted by molar-refractivity contribution is 7.22. The molecule has 0 radical (unpaired) electrons. The third-order valence-corrected chi connectivity index (χ3v) is 10.7. The predicted octanol–water partition coefficient (Wildman–Crippen LogP) is 10.4. The Bertz CT molecular complexity index is 2020. The van der Waals surface area contributed by atoms with E-state index in [1.807, 2.05) is 40.3 Å². The molecule has 7 rings (SSSR count). The van der Waals surface area contributed by atoms with Crippen LogP contribution in [0.4, 0.5) is 4.39 Å². The summed E-state index contributed by atoms with van der Waals surface area (Å²) in [5.41, 5.74) is 9.87. The smallest absolute Gasteiger partial charge is 0.179 e. The molecule has 0 amide bonds. The molecular formula is C36H28FNS2. The standard InChI is InChI=1S/C36H28FNS2/c1-20-18-21(2)22(3)30(19-20)33-36-29(16-17-38(33)5)28-15-14-27(32(37)35(28)40-36)24-10-12-25(13-11-24)34-23(4)26-8-6-7-9-31(26)39-34/h6-19H,5H2,1-4H3. The van der Waals surface area contributed by atoms with E-state index in [1.54, 1.807) is 0 Å². The predicted molar refractivity (Wildman–Crippen MR) is 171 cm³/mol. The van der Waals surface area contributed by atoms with Crippen LogP contribution in [0.15, 0.2) is 79.0 Å². The van der Waals surface area contributed by atoms with E-state index in [1.165, 1.54) is 54.1 Å². The number of aryl methyl sites for hydroxylation is 3. The van der Waals surface area contributed by atoms with Crippen LogP contribution in [0.5, 0.6) is 0 Å². The molecule has 0 spiro atoms. The Morgan fingerprint density at radius 3 is 2.40 bits per heavy atom. The van der Waals surface area contributed by atoms with Crippen molar-refractivity contribution in [3.8, 4) is 21.6 Å². The lowest BCUT2D eigenvalue weighted by Crippen LogP contribution is -2.18. The third kappa shape index (κ3) is 3.78. The van der Waals surface area contributed by atoms with Gasteiger partial charge in [0.05, 0.1) is 12.9 Å². The van der Waals surface area contributed by atoms with Gasteiger partial charge in [0.25, 0.3) is 0 Å². The molecule has 0 bridgehead atoms. The van der Waals surface area contributed by atoms with Crippen LogP contribution in [0, 0.1) is 39.6 Å². The Morgan fingerprint density at radius 2 is 1.62 bits per heavy atom. The average molecular weight is 558 g/mol. The normalized spacial score (nSPS) is 13.0. The van der Waals surface area contributed by atoms with Gasteiger partial charge in [-0.1, -0.05) is 101 Å². The quantitative estimate of drug-likeness (QED) is 0.116. The number of hydrogen-bond donors (Lipinski definition) is 0. The van der Waals surface area contributed by atoms with Crippen molar-refractivity contribution in [1.29, 1.82) is 0 Å². The molecule has 0 saturated heterocycles. The minimum absolute atomic E-state index is 0.164. The van der Waals surface area contributed by atoms with E-state index in [9.17, 15) is 0 Å². The molecule has 6 aromatic rings. The van der Waals surface area contributed by atoms with Gasteiger partial charge in [-0.3, -0.25) is 4.58 Å². The second kappa shape index (κ2) is 9.29. The van der Waals surface area contributed by atoms with E-state index in [-0.39, 0.29) is 5.82 Å². The van der Waals surface area contributed by atoms with Gasteiger partial charge in [0.2, 0.25) is 0 Å². The van der Waals surface area contributed by atoms with Crippen molar-refractivity contribution in [2.45, 2.75) is 27.7 Å². The Labute approximate surface area is 242 Å². The lowest BCUT2D eigenvalue weighted by atomic mass is 9.91. The molecule has 0 aliphatic carbocycles. The first kappa shape index (κ1) is 25.0. The largest absolute Gasteiger partial charge is 0.270 e. The zero-order valence-corrected chi connectivity index (χ0v) is 24.6. The maximum absolute atomic E-state index is 16.3. The Hall–Kier alpha value is -3.99. The summed E-state index contributed by atoms with van der Waals surface area (Å²) in [4.78, 5) is 2.33. The van der Waals surface area contributed by atoms with Crippen molar-refractivity contribution in [3.63, 3.8) is 0 Å². The van der Waals surface area contributed by atoms with Crippen LogP contribution in [0.3, 0.4) is 0 Å². The lowest BCUT2D eigenvalue weighted by molar-refractivity contribution is -0.417. The minimum Gasteiger partial charge on any atom is -0.270 e. The monoisotopic (exact) mass is 557 g/mol. The van der Waals surface area contributed by atoms with E-state index in [0.717, 1.165) is 33.0 Å². The summed E-state index contributed by atoms with van der Waals surface area (Å²) in [6.45, 7) is 12.9. The number of fused-ring (bicyclic) bond motifs is 4. The van der Waals surface area contributed by atoms with Crippen LogP contribution >= 0.6 is 22.7 Å². The third-order valence-electron chi connectivity index (χ3n) is 8.13. The second-order valence-corrected chi connectivity index (χ2v) is 12.7. The molecule has 1 aliphatic rings. The highest BCUT2D eigenvalue weighted by atomic mass is 32.1. The molecule has 0 atom stereocenters. The molecule has 1 nitrogen and oxygen atoms in total. The van der Waals surface area contributed by atoms with Crippen LogP contribution in [-0.4, -0.2) is 11.3 Å². The fourth-order valence-electron chi connectivity index (χ4n) is 5.89. The Balaban J connectivity index is 1.31. The summed E-state index contributed by atoms with van der Waals surface area (Å²) in [7, 11) is 0. The summed E-state index contributed by atoms with van der Waals surface area (Å²) in [6, 6.07) is 26.3. The Morgan fingerprint density at radius 1 is 0.850 bits per heavy atom. The van der Waals surface area contributed by atoms with E-state index >= 15 is 4.39 Å². The van der Waals surface area contributed by atoms with Crippen molar-refractivity contribution in [3.05, 3.63) is 129 Å². The molecule has 4 aromatic carbocycles. The molecule has 0 fully saturated rings. The van der Waals surface area contributed by atoms with Crippen LogP contribution < -0.4 is 0 Å². The van der Waals surface area contributed by atoms with E-state index in [4.69, 9.17) is 0 Å². The first-order valence-electron chi connectivity index (χ1n) is 13.4. The van der Waals surface area contributed by atoms with E-state index < -0.39 is 0 Å². The van der Waals surface area contributed by atoms with E-state index in [0.29, 0.717) is 10.3 Å². The number of nitrogens with zero attached hydrogens (tertiary/aromatic N) is 1. The second-order valence-electron chi connectivity index (χ2n) is 10.7. The average Bonchev–Trinajstić information content (AvgIpc) is 3.50. The van der Waals surface area contributed by atoms with Crippen molar-refractivity contribution in [1.82, 2.24) is 0 Å². The highest BCUT2D eigenvalue weighted by Gasteiger charge is 2.32. The lowest BCUT2D eigenvalue weighted by Gasteiger charge is -2.25.